The highest BCUT2D eigenvalue weighted by atomic mass is 19.4. The number of hydrogen-bond donors (Lipinski definition) is 1. The third-order valence-electron chi connectivity index (χ3n) is 5.07. The molecule has 0 radical (unpaired) electrons. The first-order valence-electron chi connectivity index (χ1n) is 9.70. The molecule has 0 amide bonds. The van der Waals surface area contributed by atoms with Crippen LogP contribution >= 0.6 is 0 Å². The molecule has 1 aromatic carbocycles. The topological polar surface area (TPSA) is 41.8 Å². The van der Waals surface area contributed by atoms with Gasteiger partial charge in [0.1, 0.15) is 11.4 Å². The van der Waals surface area contributed by atoms with Crippen LogP contribution in [-0.2, 0) is 12.7 Å². The standard InChI is InChI=1S/C21H23F3N4O/c1-2-29-17-6-3-15(4-7-17)20-18(14-27-11-9-25-10-12-27)28-13-16(21(22,23)24)5-8-19(28)26-20/h3-8,13,25H,2,9-12,14H2,1H3. The normalized spacial score (nSPS) is 15.7. The molecule has 0 unspecified atom stereocenters. The number of halogens is 3. The summed E-state index contributed by atoms with van der Waals surface area (Å²) in [6.07, 6.45) is -3.25. The molecule has 2 aromatic heterocycles. The van der Waals surface area contributed by atoms with Crippen molar-refractivity contribution in [3.63, 3.8) is 0 Å². The lowest BCUT2D eigenvalue weighted by atomic mass is 10.1. The molecule has 29 heavy (non-hydrogen) atoms. The van der Waals surface area contributed by atoms with Crippen molar-refractivity contribution in [3.05, 3.63) is 53.9 Å². The number of piperazine rings is 1. The van der Waals surface area contributed by atoms with E-state index in [0.29, 0.717) is 24.5 Å². The summed E-state index contributed by atoms with van der Waals surface area (Å²) in [6.45, 7) is 6.43. The van der Waals surface area contributed by atoms with Crippen LogP contribution in [0.2, 0.25) is 0 Å². The fourth-order valence-electron chi connectivity index (χ4n) is 3.60. The van der Waals surface area contributed by atoms with E-state index in [0.717, 1.165) is 55.4 Å². The Hall–Kier alpha value is -2.58. The van der Waals surface area contributed by atoms with Crippen molar-refractivity contribution >= 4 is 5.65 Å². The van der Waals surface area contributed by atoms with Crippen LogP contribution in [0.3, 0.4) is 0 Å². The molecule has 4 rings (SSSR count). The van der Waals surface area contributed by atoms with Crippen molar-refractivity contribution in [1.82, 2.24) is 19.6 Å². The number of fused-ring (bicyclic) bond motifs is 1. The summed E-state index contributed by atoms with van der Waals surface area (Å²) in [4.78, 5) is 6.89. The number of pyridine rings is 1. The highest BCUT2D eigenvalue weighted by Gasteiger charge is 2.31. The summed E-state index contributed by atoms with van der Waals surface area (Å²) in [5.74, 6) is 0.753. The van der Waals surface area contributed by atoms with Gasteiger partial charge >= 0.3 is 6.18 Å². The minimum Gasteiger partial charge on any atom is -0.494 e. The fourth-order valence-corrected chi connectivity index (χ4v) is 3.60. The first-order valence-corrected chi connectivity index (χ1v) is 9.70. The number of nitrogens with zero attached hydrogens (tertiary/aromatic N) is 3. The summed E-state index contributed by atoms with van der Waals surface area (Å²) < 4.78 is 46.9. The minimum absolute atomic E-state index is 0.506. The zero-order valence-electron chi connectivity index (χ0n) is 16.2. The molecular formula is C21H23F3N4O. The second-order valence-corrected chi connectivity index (χ2v) is 7.03. The molecule has 1 aliphatic heterocycles. The van der Waals surface area contributed by atoms with Gasteiger partial charge < -0.3 is 14.5 Å². The maximum atomic E-state index is 13.3. The molecule has 3 heterocycles. The molecule has 154 valence electrons. The SMILES string of the molecule is CCOc1ccc(-c2nc3ccc(C(F)(F)F)cn3c2CN2CCNCC2)cc1. The number of hydrogen-bond acceptors (Lipinski definition) is 4. The summed E-state index contributed by atoms with van der Waals surface area (Å²) in [5, 5.41) is 3.30. The van der Waals surface area contributed by atoms with Gasteiger partial charge in [0.15, 0.2) is 0 Å². The quantitative estimate of drug-likeness (QED) is 0.702. The molecule has 0 aliphatic carbocycles. The van der Waals surface area contributed by atoms with Gasteiger partial charge in [0.05, 0.1) is 23.6 Å². The lowest BCUT2D eigenvalue weighted by Crippen LogP contribution is -2.43. The molecule has 3 aromatic rings. The Morgan fingerprint density at radius 2 is 1.79 bits per heavy atom. The van der Waals surface area contributed by atoms with Gasteiger partial charge in [-0.05, 0) is 43.3 Å². The number of aromatic nitrogens is 2. The molecule has 0 spiro atoms. The zero-order valence-corrected chi connectivity index (χ0v) is 16.2. The first kappa shape index (κ1) is 19.7. The molecule has 0 saturated carbocycles. The van der Waals surface area contributed by atoms with Gasteiger partial charge in [-0.1, -0.05) is 0 Å². The Bertz CT molecular complexity index is 976. The summed E-state index contributed by atoms with van der Waals surface area (Å²) in [7, 11) is 0. The third kappa shape index (κ3) is 4.23. The van der Waals surface area contributed by atoms with E-state index in [4.69, 9.17) is 4.74 Å². The van der Waals surface area contributed by atoms with E-state index in [1.54, 1.807) is 4.40 Å². The average molecular weight is 404 g/mol. The van der Waals surface area contributed by atoms with Crippen LogP contribution in [0.1, 0.15) is 18.2 Å². The molecule has 5 nitrogen and oxygen atoms in total. The van der Waals surface area contributed by atoms with Gasteiger partial charge in [0, 0.05) is 44.5 Å². The van der Waals surface area contributed by atoms with Crippen LogP contribution in [-0.4, -0.2) is 47.1 Å². The van der Waals surface area contributed by atoms with Gasteiger partial charge in [-0.3, -0.25) is 4.90 Å². The lowest BCUT2D eigenvalue weighted by Gasteiger charge is -2.27. The Balaban J connectivity index is 1.79. The fraction of sp³-hybridized carbons (Fsp3) is 0.381. The number of ether oxygens (including phenoxy) is 1. The number of nitrogens with one attached hydrogen (secondary N) is 1. The Morgan fingerprint density at radius 3 is 2.45 bits per heavy atom. The van der Waals surface area contributed by atoms with E-state index < -0.39 is 11.7 Å². The summed E-state index contributed by atoms with van der Waals surface area (Å²) in [6, 6.07) is 10.0. The highest BCUT2D eigenvalue weighted by Crippen LogP contribution is 2.32. The number of rotatable bonds is 5. The monoisotopic (exact) mass is 404 g/mol. The van der Waals surface area contributed by atoms with Crippen molar-refractivity contribution in [2.45, 2.75) is 19.6 Å². The van der Waals surface area contributed by atoms with E-state index in [9.17, 15) is 13.2 Å². The second-order valence-electron chi connectivity index (χ2n) is 7.03. The summed E-state index contributed by atoms with van der Waals surface area (Å²) >= 11 is 0. The van der Waals surface area contributed by atoms with Gasteiger partial charge in [0.2, 0.25) is 0 Å². The van der Waals surface area contributed by atoms with Crippen LogP contribution in [0.4, 0.5) is 13.2 Å². The van der Waals surface area contributed by atoms with Crippen molar-refractivity contribution < 1.29 is 17.9 Å². The van der Waals surface area contributed by atoms with Crippen molar-refractivity contribution in [3.8, 4) is 17.0 Å². The minimum atomic E-state index is -4.40. The molecule has 0 atom stereocenters. The maximum Gasteiger partial charge on any atom is 0.417 e. The van der Waals surface area contributed by atoms with E-state index in [-0.39, 0.29) is 0 Å². The predicted octanol–water partition coefficient (Wildman–Crippen LogP) is 3.82. The van der Waals surface area contributed by atoms with Crippen molar-refractivity contribution in [1.29, 1.82) is 0 Å². The Labute approximate surface area is 167 Å². The van der Waals surface area contributed by atoms with Crippen molar-refractivity contribution in [2.24, 2.45) is 0 Å². The molecule has 1 aliphatic rings. The van der Waals surface area contributed by atoms with E-state index in [2.05, 4.69) is 15.2 Å². The summed E-state index contributed by atoms with van der Waals surface area (Å²) in [5.41, 5.74) is 2.15. The van der Waals surface area contributed by atoms with E-state index in [1.807, 2.05) is 31.2 Å². The maximum absolute atomic E-state index is 13.3. The second kappa shape index (κ2) is 8.04. The lowest BCUT2D eigenvalue weighted by molar-refractivity contribution is -0.137. The number of imidazole rings is 1. The van der Waals surface area contributed by atoms with Gasteiger partial charge in [-0.15, -0.1) is 0 Å². The van der Waals surface area contributed by atoms with Crippen LogP contribution in [0.5, 0.6) is 5.75 Å². The number of benzene rings is 1. The zero-order chi connectivity index (χ0) is 20.4. The Morgan fingerprint density at radius 1 is 1.07 bits per heavy atom. The van der Waals surface area contributed by atoms with Gasteiger partial charge in [0.25, 0.3) is 0 Å². The molecular weight excluding hydrogens is 381 g/mol. The average Bonchev–Trinajstić information content (AvgIpc) is 3.07. The molecule has 8 heteroatoms. The van der Waals surface area contributed by atoms with Crippen LogP contribution in [0.25, 0.3) is 16.9 Å². The van der Waals surface area contributed by atoms with E-state index in [1.165, 1.54) is 6.07 Å². The first-order chi connectivity index (χ1) is 14.0. The molecule has 1 N–H and O–H groups in total. The third-order valence-corrected chi connectivity index (χ3v) is 5.07. The van der Waals surface area contributed by atoms with Crippen molar-refractivity contribution in [2.75, 3.05) is 32.8 Å². The van der Waals surface area contributed by atoms with Crippen LogP contribution < -0.4 is 10.1 Å². The largest absolute Gasteiger partial charge is 0.494 e. The highest BCUT2D eigenvalue weighted by molar-refractivity contribution is 5.67. The molecule has 1 saturated heterocycles. The number of alkyl halides is 3. The smallest absolute Gasteiger partial charge is 0.417 e. The van der Waals surface area contributed by atoms with Gasteiger partial charge in [-0.25, -0.2) is 4.98 Å². The van der Waals surface area contributed by atoms with Crippen LogP contribution in [0, 0.1) is 0 Å². The Kier molecular flexibility index (Phi) is 5.47. The van der Waals surface area contributed by atoms with E-state index >= 15 is 0 Å². The van der Waals surface area contributed by atoms with Crippen LogP contribution in [0.15, 0.2) is 42.6 Å². The molecule has 1 fully saturated rings. The van der Waals surface area contributed by atoms with Gasteiger partial charge in [-0.2, -0.15) is 13.2 Å². The molecule has 0 bridgehead atoms. The predicted molar refractivity (Wildman–Crippen MR) is 105 cm³/mol.